The summed E-state index contributed by atoms with van der Waals surface area (Å²) >= 11 is 0. The van der Waals surface area contributed by atoms with Crippen LogP contribution in [-0.4, -0.2) is 51.4 Å². The number of hydrogen-bond acceptors (Lipinski definition) is 3. The SMILES string of the molecule is CCN(C=O)[C@@H]1CCCN(Cc2nc3ccccc3n2C)C1. The van der Waals surface area contributed by atoms with Crippen molar-refractivity contribution in [3.05, 3.63) is 30.1 Å². The van der Waals surface area contributed by atoms with E-state index in [4.69, 9.17) is 4.98 Å². The highest BCUT2D eigenvalue weighted by Crippen LogP contribution is 2.19. The first-order valence-corrected chi connectivity index (χ1v) is 8.06. The van der Waals surface area contributed by atoms with Gasteiger partial charge in [0.25, 0.3) is 0 Å². The zero-order valence-corrected chi connectivity index (χ0v) is 13.4. The Morgan fingerprint density at radius 3 is 2.95 bits per heavy atom. The Morgan fingerprint density at radius 1 is 1.41 bits per heavy atom. The summed E-state index contributed by atoms with van der Waals surface area (Å²) in [6, 6.07) is 8.58. The summed E-state index contributed by atoms with van der Waals surface area (Å²) < 4.78 is 2.18. The standard InChI is InChI=1S/C17H24N4O/c1-3-21(13-22)14-7-6-10-20(11-14)12-17-18-15-8-4-5-9-16(15)19(17)2/h4-5,8-9,13-14H,3,6-7,10-12H2,1-2H3/t14-/m1/s1. The number of rotatable bonds is 5. The van der Waals surface area contributed by atoms with Crippen molar-refractivity contribution >= 4 is 17.4 Å². The molecule has 3 rings (SSSR count). The molecular formula is C17H24N4O. The van der Waals surface area contributed by atoms with Gasteiger partial charge in [-0.05, 0) is 38.4 Å². The molecule has 0 unspecified atom stereocenters. The number of piperidine rings is 1. The van der Waals surface area contributed by atoms with Gasteiger partial charge in [0.2, 0.25) is 6.41 Å². The Morgan fingerprint density at radius 2 is 2.23 bits per heavy atom. The second kappa shape index (κ2) is 6.48. The van der Waals surface area contributed by atoms with Crippen LogP contribution in [0.2, 0.25) is 0 Å². The summed E-state index contributed by atoms with van der Waals surface area (Å²) in [5, 5.41) is 0. The van der Waals surface area contributed by atoms with Crippen LogP contribution in [0.5, 0.6) is 0 Å². The Kier molecular flexibility index (Phi) is 4.43. The number of hydrogen-bond donors (Lipinski definition) is 0. The number of aromatic nitrogens is 2. The van der Waals surface area contributed by atoms with Crippen molar-refractivity contribution in [1.29, 1.82) is 0 Å². The van der Waals surface area contributed by atoms with E-state index >= 15 is 0 Å². The number of para-hydroxylation sites is 2. The third-order valence-electron chi connectivity index (χ3n) is 4.69. The fraction of sp³-hybridized carbons (Fsp3) is 0.529. The number of benzene rings is 1. The van der Waals surface area contributed by atoms with Gasteiger partial charge in [-0.25, -0.2) is 4.98 Å². The molecule has 1 aromatic heterocycles. The van der Waals surface area contributed by atoms with E-state index in [0.717, 1.165) is 56.8 Å². The maximum atomic E-state index is 11.2. The average Bonchev–Trinajstić information content (AvgIpc) is 2.86. The molecule has 0 aliphatic carbocycles. The first-order valence-electron chi connectivity index (χ1n) is 8.06. The topological polar surface area (TPSA) is 41.4 Å². The van der Waals surface area contributed by atoms with E-state index in [1.807, 2.05) is 24.0 Å². The minimum atomic E-state index is 0.339. The molecule has 1 atom stereocenters. The monoisotopic (exact) mass is 300 g/mol. The van der Waals surface area contributed by atoms with Crippen LogP contribution in [0, 0.1) is 0 Å². The zero-order valence-electron chi connectivity index (χ0n) is 13.4. The lowest BCUT2D eigenvalue weighted by Gasteiger charge is -2.37. The van der Waals surface area contributed by atoms with Crippen LogP contribution in [0.15, 0.2) is 24.3 Å². The molecule has 0 spiro atoms. The van der Waals surface area contributed by atoms with Crippen LogP contribution in [0.25, 0.3) is 11.0 Å². The first-order chi connectivity index (χ1) is 10.7. The van der Waals surface area contributed by atoms with E-state index in [-0.39, 0.29) is 0 Å². The number of likely N-dealkylation sites (N-methyl/N-ethyl adjacent to an activating group) is 1. The molecule has 22 heavy (non-hydrogen) atoms. The largest absolute Gasteiger partial charge is 0.341 e. The van der Waals surface area contributed by atoms with Crippen molar-refractivity contribution in [3.8, 4) is 0 Å². The highest BCUT2D eigenvalue weighted by molar-refractivity contribution is 5.75. The number of carbonyl (C=O) groups is 1. The minimum Gasteiger partial charge on any atom is -0.341 e. The van der Waals surface area contributed by atoms with E-state index in [1.165, 1.54) is 5.52 Å². The van der Waals surface area contributed by atoms with E-state index in [9.17, 15) is 4.79 Å². The van der Waals surface area contributed by atoms with E-state index in [1.54, 1.807) is 0 Å². The molecule has 0 radical (unpaired) electrons. The molecule has 0 bridgehead atoms. The fourth-order valence-electron chi connectivity index (χ4n) is 3.40. The van der Waals surface area contributed by atoms with E-state index in [2.05, 4.69) is 28.6 Å². The van der Waals surface area contributed by atoms with Crippen molar-refractivity contribution in [2.45, 2.75) is 32.4 Å². The molecule has 1 aliphatic heterocycles. The third kappa shape index (κ3) is 2.86. The van der Waals surface area contributed by atoms with Crippen LogP contribution in [0.4, 0.5) is 0 Å². The van der Waals surface area contributed by atoms with Crippen LogP contribution in [0.1, 0.15) is 25.6 Å². The molecule has 0 N–H and O–H groups in total. The minimum absolute atomic E-state index is 0.339. The number of nitrogens with zero attached hydrogens (tertiary/aromatic N) is 4. The van der Waals surface area contributed by atoms with Gasteiger partial charge >= 0.3 is 0 Å². The van der Waals surface area contributed by atoms with Gasteiger partial charge in [-0.2, -0.15) is 0 Å². The lowest BCUT2D eigenvalue weighted by Crippen LogP contribution is -2.47. The van der Waals surface area contributed by atoms with Crippen molar-refractivity contribution < 1.29 is 4.79 Å². The van der Waals surface area contributed by atoms with Gasteiger partial charge in [0.1, 0.15) is 5.82 Å². The molecule has 1 amide bonds. The second-order valence-electron chi connectivity index (χ2n) is 6.04. The van der Waals surface area contributed by atoms with Crippen molar-refractivity contribution in [3.63, 3.8) is 0 Å². The van der Waals surface area contributed by atoms with Crippen molar-refractivity contribution in [1.82, 2.24) is 19.4 Å². The third-order valence-corrected chi connectivity index (χ3v) is 4.69. The number of aryl methyl sites for hydroxylation is 1. The van der Waals surface area contributed by atoms with Crippen LogP contribution in [-0.2, 0) is 18.4 Å². The highest BCUT2D eigenvalue weighted by Gasteiger charge is 2.24. The van der Waals surface area contributed by atoms with Crippen molar-refractivity contribution in [2.75, 3.05) is 19.6 Å². The number of carbonyl (C=O) groups excluding carboxylic acids is 1. The van der Waals surface area contributed by atoms with Gasteiger partial charge < -0.3 is 9.47 Å². The quantitative estimate of drug-likeness (QED) is 0.793. The Bertz CT molecular complexity index is 651. The summed E-state index contributed by atoms with van der Waals surface area (Å²) in [5.41, 5.74) is 2.23. The Labute approximate surface area is 131 Å². The van der Waals surface area contributed by atoms with Crippen molar-refractivity contribution in [2.24, 2.45) is 7.05 Å². The molecule has 1 aliphatic rings. The lowest BCUT2D eigenvalue weighted by molar-refractivity contribution is -0.121. The van der Waals surface area contributed by atoms with E-state index < -0.39 is 0 Å². The summed E-state index contributed by atoms with van der Waals surface area (Å²) in [5.74, 6) is 1.09. The molecule has 2 heterocycles. The molecule has 0 saturated carbocycles. The van der Waals surface area contributed by atoms with Gasteiger partial charge in [0.15, 0.2) is 0 Å². The summed E-state index contributed by atoms with van der Waals surface area (Å²) in [6.07, 6.45) is 3.23. The summed E-state index contributed by atoms with van der Waals surface area (Å²) in [7, 11) is 2.08. The van der Waals surface area contributed by atoms with Gasteiger partial charge in [0, 0.05) is 26.2 Å². The highest BCUT2D eigenvalue weighted by atomic mass is 16.1. The van der Waals surface area contributed by atoms with Crippen LogP contribution < -0.4 is 0 Å². The molecule has 5 nitrogen and oxygen atoms in total. The summed E-state index contributed by atoms with van der Waals surface area (Å²) in [4.78, 5) is 20.3. The molecule has 5 heteroatoms. The Hall–Kier alpha value is -1.88. The van der Waals surface area contributed by atoms with Gasteiger partial charge in [-0.1, -0.05) is 12.1 Å². The number of amides is 1. The average molecular weight is 300 g/mol. The fourth-order valence-corrected chi connectivity index (χ4v) is 3.40. The second-order valence-corrected chi connectivity index (χ2v) is 6.04. The first kappa shape index (κ1) is 15.0. The smallest absolute Gasteiger partial charge is 0.209 e. The number of imidazole rings is 1. The van der Waals surface area contributed by atoms with Gasteiger partial charge in [-0.15, -0.1) is 0 Å². The van der Waals surface area contributed by atoms with E-state index in [0.29, 0.717) is 6.04 Å². The molecule has 2 aromatic rings. The van der Waals surface area contributed by atoms with Gasteiger partial charge in [0.05, 0.1) is 17.6 Å². The number of fused-ring (bicyclic) bond motifs is 1. The van der Waals surface area contributed by atoms with Crippen LogP contribution >= 0.6 is 0 Å². The predicted octanol–water partition coefficient (Wildman–Crippen LogP) is 2.02. The normalized spacial score (nSPS) is 19.5. The van der Waals surface area contributed by atoms with Gasteiger partial charge in [-0.3, -0.25) is 9.69 Å². The summed E-state index contributed by atoms with van der Waals surface area (Å²) in [6.45, 7) is 5.69. The molecule has 1 saturated heterocycles. The molecule has 1 aromatic carbocycles. The maximum Gasteiger partial charge on any atom is 0.209 e. The lowest BCUT2D eigenvalue weighted by atomic mass is 10.0. The predicted molar refractivity (Wildman–Crippen MR) is 87.5 cm³/mol. The molecular weight excluding hydrogens is 276 g/mol. The zero-order chi connectivity index (χ0) is 15.5. The maximum absolute atomic E-state index is 11.2. The molecule has 118 valence electrons. The Balaban J connectivity index is 1.74. The van der Waals surface area contributed by atoms with Crippen LogP contribution in [0.3, 0.4) is 0 Å². The molecule has 1 fully saturated rings. The number of likely N-dealkylation sites (tertiary alicyclic amines) is 1.